The van der Waals surface area contributed by atoms with Crippen molar-refractivity contribution in [2.24, 2.45) is 28.6 Å². The first-order chi connectivity index (χ1) is 25.8. The van der Waals surface area contributed by atoms with Crippen molar-refractivity contribution in [3.63, 3.8) is 0 Å². The van der Waals surface area contributed by atoms with Gasteiger partial charge in [0.25, 0.3) is 0 Å². The molecule has 12 nitrogen and oxygen atoms in total. The summed E-state index contributed by atoms with van der Waals surface area (Å²) in [6.45, 7) is 2.19. The number of epoxide rings is 1. The topological polar surface area (TPSA) is 169 Å². The van der Waals surface area contributed by atoms with E-state index in [1.165, 1.54) is 0 Å². The minimum Gasteiger partial charge on any atom is -0.461 e. The molecule has 1 aromatic carbocycles. The average molecular weight is 749 g/mol. The maximum atomic E-state index is 13.8. The number of morpholine rings is 1. The van der Waals surface area contributed by atoms with Crippen LogP contribution in [0.15, 0.2) is 42.0 Å². The minimum absolute atomic E-state index is 0.00826. The summed E-state index contributed by atoms with van der Waals surface area (Å²) in [7, 11) is 2.06. The molecule has 54 heavy (non-hydrogen) atoms. The van der Waals surface area contributed by atoms with Gasteiger partial charge >= 0.3 is 17.9 Å². The average Bonchev–Trinajstić information content (AvgIpc) is 3.69. The molecule has 8 aliphatic rings. The van der Waals surface area contributed by atoms with Gasteiger partial charge in [0.05, 0.1) is 30.3 Å². The molecular formula is C42H54NO11+. The smallest absolute Gasteiger partial charge is 0.362 e. The first-order valence-corrected chi connectivity index (χ1v) is 20.1. The van der Waals surface area contributed by atoms with Gasteiger partial charge in [-0.15, -0.1) is 0 Å². The first-order valence-electron chi connectivity index (χ1n) is 20.1. The third kappa shape index (κ3) is 5.18. The van der Waals surface area contributed by atoms with E-state index < -0.39 is 40.0 Å². The van der Waals surface area contributed by atoms with Crippen LogP contribution in [0.2, 0.25) is 0 Å². The summed E-state index contributed by atoms with van der Waals surface area (Å²) >= 11 is 0. The molecule has 0 unspecified atom stereocenters. The molecular weight excluding hydrogens is 694 g/mol. The van der Waals surface area contributed by atoms with Crippen molar-refractivity contribution in [1.29, 1.82) is 0 Å². The number of carbonyl (C=O) groups excluding carboxylic acids is 4. The number of rotatable bonds is 9. The number of nitrogens with zero attached hydrogens (tertiary/aromatic N) is 1. The fraction of sp³-hybridized carbons (Fsp3) is 0.714. The fourth-order valence-electron chi connectivity index (χ4n) is 13.6. The highest BCUT2D eigenvalue weighted by atomic mass is 16.6. The van der Waals surface area contributed by atoms with Crippen LogP contribution in [0, 0.1) is 28.6 Å². The van der Waals surface area contributed by atoms with Crippen molar-refractivity contribution < 1.29 is 57.9 Å². The molecule has 3 saturated heterocycles. The zero-order valence-corrected chi connectivity index (χ0v) is 31.3. The molecule has 2 bridgehead atoms. The lowest BCUT2D eigenvalue weighted by Gasteiger charge is -2.65. The Morgan fingerprint density at radius 1 is 0.963 bits per heavy atom. The van der Waals surface area contributed by atoms with E-state index >= 15 is 0 Å². The van der Waals surface area contributed by atoms with Gasteiger partial charge in [-0.25, -0.2) is 9.59 Å². The van der Waals surface area contributed by atoms with Gasteiger partial charge in [0, 0.05) is 30.8 Å². The standard InChI is InChI=1S/C42H54NO11/c1-39-12-9-30-31(42(39,50)15-11-29(39)25-16-34(46)51-22-25)10-14-41(49)19-26(8-13-40(30,41)23-45)52-35(47)20-43(2)32-17-27(18-33(43)37-36(32)54-37)53-38(48)28(21-44)24-6-4-3-5-7-24/h3-7,16,23,26-33,36-37,44,49-50H,8-15,17-22H2,1-2H3/q+1/t26-,27?,28-,29+,30-,31+,32+,33+,36+,37+,39-,40+,41-,42+,43?/m1/s1. The molecule has 13 atom stereocenters. The van der Waals surface area contributed by atoms with Crippen LogP contribution in [-0.4, -0.2) is 119 Å². The predicted molar refractivity (Wildman–Crippen MR) is 190 cm³/mol. The van der Waals surface area contributed by atoms with E-state index in [2.05, 4.69) is 14.0 Å². The van der Waals surface area contributed by atoms with Gasteiger partial charge in [-0.1, -0.05) is 37.3 Å². The normalized spacial score (nSPS) is 47.5. The molecule has 1 aromatic rings. The molecule has 4 heterocycles. The third-order valence-electron chi connectivity index (χ3n) is 16.4. The lowest BCUT2D eigenvalue weighted by Crippen LogP contribution is -2.69. The van der Waals surface area contributed by atoms with Gasteiger partial charge in [0.2, 0.25) is 0 Å². The monoisotopic (exact) mass is 748 g/mol. The summed E-state index contributed by atoms with van der Waals surface area (Å²) in [5, 5.41) is 34.9. The number of aldehydes is 1. The quantitative estimate of drug-likeness (QED) is 0.112. The van der Waals surface area contributed by atoms with Crippen LogP contribution < -0.4 is 0 Å². The number of aliphatic hydroxyl groups excluding tert-OH is 1. The molecule has 292 valence electrons. The Kier molecular flexibility index (Phi) is 8.56. The number of hydrogen-bond acceptors (Lipinski definition) is 11. The van der Waals surface area contributed by atoms with Crippen molar-refractivity contribution in [2.45, 2.75) is 131 Å². The highest BCUT2D eigenvalue weighted by Gasteiger charge is 2.74. The van der Waals surface area contributed by atoms with E-state index in [1.807, 2.05) is 18.2 Å². The van der Waals surface area contributed by atoms with Crippen LogP contribution in [-0.2, 0) is 38.1 Å². The Bertz CT molecular complexity index is 1730. The molecule has 9 rings (SSSR count). The Morgan fingerprint density at radius 3 is 2.35 bits per heavy atom. The number of benzene rings is 1. The summed E-state index contributed by atoms with van der Waals surface area (Å²) in [4.78, 5) is 52.1. The SMILES string of the molecule is C[C@]12CC[C@@H]3[C@H](CC[C@@]4(O)C[C@H](OC(=O)C[N+]5(C)[C@H]6CC(OC(=O)[C@H](CO)c7ccccc7)C[C@H]5[C@@H]5O[C@H]56)CC[C@]34C=O)[C@@]1(O)CC[C@H]2C1=CC(=O)OC1. The molecule has 7 fully saturated rings. The summed E-state index contributed by atoms with van der Waals surface area (Å²) in [6.07, 6.45) is 7.40. The lowest BCUT2D eigenvalue weighted by molar-refractivity contribution is -0.949. The minimum atomic E-state index is -1.35. The summed E-state index contributed by atoms with van der Waals surface area (Å²) in [5.41, 5.74) is -2.21. The van der Waals surface area contributed by atoms with Gasteiger partial charge in [0.15, 0.2) is 6.54 Å². The second-order valence-electron chi connectivity index (χ2n) is 18.5. The molecule has 0 spiro atoms. The Labute approximate surface area is 315 Å². The lowest BCUT2D eigenvalue weighted by atomic mass is 9.41. The Hall–Kier alpha value is -3.16. The number of likely N-dealkylation sites (N-methyl/N-ethyl adjacent to an activating group) is 1. The summed E-state index contributed by atoms with van der Waals surface area (Å²) in [5.74, 6) is -2.20. The van der Waals surface area contributed by atoms with Gasteiger partial charge in [0.1, 0.15) is 55.3 Å². The molecule has 12 heteroatoms. The predicted octanol–water partition coefficient (Wildman–Crippen LogP) is 2.90. The Morgan fingerprint density at radius 2 is 1.69 bits per heavy atom. The van der Waals surface area contributed by atoms with Gasteiger partial charge < -0.3 is 43.5 Å². The van der Waals surface area contributed by atoms with E-state index in [-0.39, 0.29) is 86.3 Å². The number of aliphatic hydroxyl groups is 3. The van der Waals surface area contributed by atoms with E-state index in [9.17, 15) is 34.5 Å². The molecule has 0 aromatic heterocycles. The Balaban J connectivity index is 0.847. The maximum Gasteiger partial charge on any atom is 0.362 e. The largest absolute Gasteiger partial charge is 0.461 e. The third-order valence-corrected chi connectivity index (χ3v) is 16.4. The van der Waals surface area contributed by atoms with Crippen molar-refractivity contribution >= 4 is 24.2 Å². The van der Waals surface area contributed by atoms with E-state index in [4.69, 9.17) is 18.9 Å². The molecule has 4 aliphatic heterocycles. The molecule has 4 aliphatic carbocycles. The van der Waals surface area contributed by atoms with Gasteiger partial charge in [-0.05, 0) is 80.3 Å². The number of hydrogen-bond donors (Lipinski definition) is 3. The molecule has 0 amide bonds. The van der Waals surface area contributed by atoms with Crippen LogP contribution in [0.4, 0.5) is 0 Å². The van der Waals surface area contributed by atoms with Crippen molar-refractivity contribution in [1.82, 2.24) is 0 Å². The second-order valence-corrected chi connectivity index (χ2v) is 18.5. The number of ether oxygens (including phenoxy) is 4. The zero-order valence-electron chi connectivity index (χ0n) is 31.3. The number of carbonyl (C=O) groups is 4. The van der Waals surface area contributed by atoms with Crippen LogP contribution in [0.1, 0.15) is 89.0 Å². The number of cyclic esters (lactones) is 1. The highest BCUT2D eigenvalue weighted by Crippen LogP contribution is 2.70. The van der Waals surface area contributed by atoms with Crippen molar-refractivity contribution in [2.75, 3.05) is 26.8 Å². The number of esters is 3. The van der Waals surface area contributed by atoms with Crippen LogP contribution in [0.5, 0.6) is 0 Å². The van der Waals surface area contributed by atoms with Gasteiger partial charge in [-0.2, -0.15) is 0 Å². The van der Waals surface area contributed by atoms with E-state index in [0.717, 1.165) is 18.3 Å². The summed E-state index contributed by atoms with van der Waals surface area (Å²) in [6, 6.07) is 9.03. The highest BCUT2D eigenvalue weighted by molar-refractivity contribution is 5.85. The van der Waals surface area contributed by atoms with Crippen molar-refractivity contribution in [3.8, 4) is 0 Å². The molecule has 4 saturated carbocycles. The molecule has 0 radical (unpaired) electrons. The number of piperidine rings is 1. The first kappa shape index (κ1) is 36.5. The van der Waals surface area contributed by atoms with Crippen LogP contribution in [0.3, 0.4) is 0 Å². The summed E-state index contributed by atoms with van der Waals surface area (Å²) < 4.78 is 23.8. The fourth-order valence-corrected chi connectivity index (χ4v) is 13.6. The van der Waals surface area contributed by atoms with Gasteiger partial charge in [-0.3, -0.25) is 4.79 Å². The number of fused-ring (bicyclic) bond motifs is 10. The molecule has 3 N–H and O–H groups in total. The zero-order chi connectivity index (χ0) is 37.8. The van der Waals surface area contributed by atoms with Crippen molar-refractivity contribution in [3.05, 3.63) is 47.5 Å². The van der Waals surface area contributed by atoms with Crippen LogP contribution in [0.25, 0.3) is 0 Å². The second kappa shape index (κ2) is 12.7. The van der Waals surface area contributed by atoms with Crippen LogP contribution >= 0.6 is 0 Å². The van der Waals surface area contributed by atoms with E-state index in [1.54, 1.807) is 18.2 Å². The van der Waals surface area contributed by atoms with E-state index in [0.29, 0.717) is 67.8 Å². The maximum absolute atomic E-state index is 13.8. The number of quaternary nitrogens is 1.